The van der Waals surface area contributed by atoms with E-state index in [9.17, 15) is 14.5 Å². The fourth-order valence-corrected chi connectivity index (χ4v) is 0.791. The first kappa shape index (κ1) is 9.42. The molecule has 1 atom stereocenters. The van der Waals surface area contributed by atoms with E-state index in [1.807, 2.05) is 0 Å². The van der Waals surface area contributed by atoms with E-state index in [0.717, 1.165) is 0 Å². The molecule has 0 rings (SSSR count). The molecule has 10 heavy (non-hydrogen) atoms. The summed E-state index contributed by atoms with van der Waals surface area (Å²) in [5.74, 6) is -0.443. The van der Waals surface area contributed by atoms with Crippen LogP contribution in [0.3, 0.4) is 0 Å². The number of hydrogen-bond donors (Lipinski definition) is 0. The molecule has 0 fully saturated rings. The zero-order chi connectivity index (χ0) is 7.98. The monoisotopic (exact) mass is 207 g/mol. The maximum absolute atomic E-state index is 10.7. The molecule has 0 aromatic heterocycles. The number of ketones is 1. The summed E-state index contributed by atoms with van der Waals surface area (Å²) < 4.78 is 0. The summed E-state index contributed by atoms with van der Waals surface area (Å²) in [5.41, 5.74) is 0. The fourth-order valence-electron chi connectivity index (χ4n) is 0.401. The van der Waals surface area contributed by atoms with E-state index in [1.165, 1.54) is 0 Å². The van der Waals surface area contributed by atoms with Crippen LogP contribution in [0.15, 0.2) is 5.18 Å². The molecule has 4 nitrogen and oxygen atoms in total. The molecule has 0 aliphatic carbocycles. The summed E-state index contributed by atoms with van der Waals surface area (Å²) in [7, 11) is 0. The van der Waals surface area contributed by atoms with E-state index in [1.54, 1.807) is 0 Å². The first-order valence-corrected chi connectivity index (χ1v) is 3.74. The second-order valence-electron chi connectivity index (χ2n) is 1.59. The number of carbonyl (C=O) groups is 2. The van der Waals surface area contributed by atoms with Crippen LogP contribution in [0, 0.1) is 4.91 Å². The number of carbonyl (C=O) groups excluding carboxylic acids is 2. The average Bonchev–Trinajstić information content (AvgIpc) is 1.91. The lowest BCUT2D eigenvalue weighted by molar-refractivity contribution is -0.123. The Kier molecular flexibility index (Phi) is 4.92. The maximum Gasteiger partial charge on any atom is 0.205 e. The molecule has 0 amide bonds. The van der Waals surface area contributed by atoms with Crippen molar-refractivity contribution < 1.29 is 9.59 Å². The minimum Gasteiger partial charge on any atom is -0.300 e. The Morgan fingerprint density at radius 2 is 2.30 bits per heavy atom. The summed E-state index contributed by atoms with van der Waals surface area (Å²) >= 11 is 3.00. The molecule has 0 N–H and O–H groups in total. The van der Waals surface area contributed by atoms with Crippen molar-refractivity contribution in [3.63, 3.8) is 0 Å². The highest BCUT2D eigenvalue weighted by Crippen LogP contribution is 1.96. The van der Waals surface area contributed by atoms with Gasteiger partial charge in [-0.1, -0.05) is 21.1 Å². The Bertz CT molecular complexity index is 140. The standard InChI is InChI=1S/C5H6BrNO3/c6-2-1-5(9)4(3-8)7-10/h3-4H,1-2H2. The summed E-state index contributed by atoms with van der Waals surface area (Å²) in [5, 5.41) is 2.79. The molecule has 0 aliphatic rings. The van der Waals surface area contributed by atoms with Crippen LogP contribution in [0.5, 0.6) is 0 Å². The summed E-state index contributed by atoms with van der Waals surface area (Å²) in [6.07, 6.45) is 0.410. The zero-order valence-corrected chi connectivity index (χ0v) is 6.70. The number of alkyl halides is 1. The first-order chi connectivity index (χ1) is 4.76. The van der Waals surface area contributed by atoms with Crippen molar-refractivity contribution in [1.29, 1.82) is 0 Å². The van der Waals surface area contributed by atoms with Crippen molar-refractivity contribution in [2.45, 2.75) is 12.5 Å². The number of Topliss-reactive ketones (excluding diaryl/α,β-unsaturated/α-hetero) is 1. The van der Waals surface area contributed by atoms with Gasteiger partial charge < -0.3 is 4.79 Å². The normalized spacial score (nSPS) is 12.1. The number of nitrogens with zero attached hydrogens (tertiary/aromatic N) is 1. The van der Waals surface area contributed by atoms with Crippen LogP contribution >= 0.6 is 15.9 Å². The van der Waals surface area contributed by atoms with E-state index >= 15 is 0 Å². The first-order valence-electron chi connectivity index (χ1n) is 2.62. The third-order valence-corrected chi connectivity index (χ3v) is 1.31. The Hall–Kier alpha value is -0.580. The second kappa shape index (κ2) is 5.22. The molecule has 0 heterocycles. The number of halogens is 1. The predicted octanol–water partition coefficient (Wildman–Crippen LogP) is 0.674. The Morgan fingerprint density at radius 3 is 2.60 bits per heavy atom. The second-order valence-corrected chi connectivity index (χ2v) is 2.38. The number of hydrogen-bond acceptors (Lipinski definition) is 4. The van der Waals surface area contributed by atoms with E-state index in [4.69, 9.17) is 0 Å². The van der Waals surface area contributed by atoms with Gasteiger partial charge in [0.25, 0.3) is 0 Å². The summed E-state index contributed by atoms with van der Waals surface area (Å²) in [4.78, 5) is 30.3. The van der Waals surface area contributed by atoms with Crippen molar-refractivity contribution in [2.75, 3.05) is 5.33 Å². The van der Waals surface area contributed by atoms with E-state index in [-0.39, 0.29) is 12.7 Å². The van der Waals surface area contributed by atoms with Crippen LogP contribution in [-0.2, 0) is 9.59 Å². The molecule has 5 heteroatoms. The van der Waals surface area contributed by atoms with Crippen LogP contribution in [0.4, 0.5) is 0 Å². The largest absolute Gasteiger partial charge is 0.300 e. The lowest BCUT2D eigenvalue weighted by atomic mass is 10.2. The zero-order valence-electron chi connectivity index (χ0n) is 5.12. The smallest absolute Gasteiger partial charge is 0.205 e. The maximum atomic E-state index is 10.7. The highest BCUT2D eigenvalue weighted by Gasteiger charge is 2.16. The van der Waals surface area contributed by atoms with Crippen molar-refractivity contribution in [3.8, 4) is 0 Å². The SMILES string of the molecule is O=CC(N=O)C(=O)CCBr. The minimum absolute atomic E-state index is 0.162. The molecule has 0 saturated carbocycles. The van der Waals surface area contributed by atoms with Crippen LogP contribution in [-0.4, -0.2) is 23.4 Å². The molecule has 1 unspecified atom stereocenters. The molecular weight excluding hydrogens is 202 g/mol. The van der Waals surface area contributed by atoms with Crippen LogP contribution in [0.1, 0.15) is 6.42 Å². The quantitative estimate of drug-likeness (QED) is 0.288. The fraction of sp³-hybridized carbons (Fsp3) is 0.600. The van der Waals surface area contributed by atoms with Gasteiger partial charge in [0.05, 0.1) is 0 Å². The average molecular weight is 208 g/mol. The van der Waals surface area contributed by atoms with Gasteiger partial charge in [0, 0.05) is 11.8 Å². The van der Waals surface area contributed by atoms with Crippen molar-refractivity contribution >= 4 is 28.0 Å². The van der Waals surface area contributed by atoms with Crippen LogP contribution < -0.4 is 0 Å². The molecule has 0 aromatic carbocycles. The van der Waals surface area contributed by atoms with Gasteiger partial charge in [-0.15, -0.1) is 4.91 Å². The topological polar surface area (TPSA) is 63.6 Å². The lowest BCUT2D eigenvalue weighted by Gasteiger charge is -1.95. The Morgan fingerprint density at radius 1 is 1.70 bits per heavy atom. The van der Waals surface area contributed by atoms with Crippen molar-refractivity contribution in [2.24, 2.45) is 5.18 Å². The Balaban J connectivity index is 3.88. The molecule has 0 saturated heterocycles. The highest BCUT2D eigenvalue weighted by atomic mass is 79.9. The lowest BCUT2D eigenvalue weighted by Crippen LogP contribution is -2.19. The molecule has 0 aliphatic heterocycles. The predicted molar refractivity (Wildman–Crippen MR) is 39.1 cm³/mol. The van der Waals surface area contributed by atoms with Crippen molar-refractivity contribution in [1.82, 2.24) is 0 Å². The molecular formula is C5H6BrNO3. The van der Waals surface area contributed by atoms with E-state index in [0.29, 0.717) is 5.33 Å². The summed E-state index contributed by atoms with van der Waals surface area (Å²) in [6, 6.07) is -1.31. The molecule has 0 spiro atoms. The minimum atomic E-state index is -1.31. The number of aldehydes is 1. The van der Waals surface area contributed by atoms with Gasteiger partial charge in [0.2, 0.25) is 6.04 Å². The van der Waals surface area contributed by atoms with Gasteiger partial charge in [0.1, 0.15) is 0 Å². The van der Waals surface area contributed by atoms with Crippen LogP contribution in [0.2, 0.25) is 0 Å². The number of rotatable bonds is 5. The van der Waals surface area contributed by atoms with Gasteiger partial charge in [-0.05, 0) is 0 Å². The summed E-state index contributed by atoms with van der Waals surface area (Å²) in [6.45, 7) is 0. The van der Waals surface area contributed by atoms with Gasteiger partial charge in [0.15, 0.2) is 12.1 Å². The van der Waals surface area contributed by atoms with Crippen LogP contribution in [0.25, 0.3) is 0 Å². The molecule has 0 aromatic rings. The third-order valence-electron chi connectivity index (χ3n) is 0.913. The van der Waals surface area contributed by atoms with Crippen molar-refractivity contribution in [3.05, 3.63) is 4.91 Å². The van der Waals surface area contributed by atoms with Gasteiger partial charge >= 0.3 is 0 Å². The van der Waals surface area contributed by atoms with Gasteiger partial charge in [-0.2, -0.15) is 0 Å². The van der Waals surface area contributed by atoms with Gasteiger partial charge in [-0.25, -0.2) is 0 Å². The molecule has 56 valence electrons. The van der Waals surface area contributed by atoms with Gasteiger partial charge in [-0.3, -0.25) is 4.79 Å². The van der Waals surface area contributed by atoms with E-state index < -0.39 is 11.8 Å². The van der Waals surface area contributed by atoms with E-state index in [2.05, 4.69) is 21.1 Å². The molecule has 0 radical (unpaired) electrons. The molecule has 0 bridgehead atoms. The number of nitroso groups, excluding NO2 is 1. The third kappa shape index (κ3) is 2.82. The highest BCUT2D eigenvalue weighted by molar-refractivity contribution is 9.09. The Labute approximate surface area is 66.1 Å².